The van der Waals surface area contributed by atoms with Crippen molar-refractivity contribution in [2.45, 2.75) is 20.0 Å². The van der Waals surface area contributed by atoms with Crippen molar-refractivity contribution in [1.82, 2.24) is 9.97 Å². The molecule has 0 aliphatic heterocycles. The van der Waals surface area contributed by atoms with Gasteiger partial charge in [-0.15, -0.1) is 0 Å². The molecular formula is C14H15ClN2O4. The van der Waals surface area contributed by atoms with E-state index in [1.807, 2.05) is 0 Å². The Bertz CT molecular complexity index is 688. The molecule has 0 unspecified atom stereocenters. The zero-order valence-corrected chi connectivity index (χ0v) is 12.9. The maximum absolute atomic E-state index is 11.9. The number of rotatable bonds is 4. The molecule has 2 aromatic rings. The average Bonchev–Trinajstić information content (AvgIpc) is 2.44. The lowest BCUT2D eigenvalue weighted by Crippen LogP contribution is -2.14. The highest BCUT2D eigenvalue weighted by molar-refractivity contribution is 6.32. The summed E-state index contributed by atoms with van der Waals surface area (Å²) in [5.74, 6) is 0.386. The van der Waals surface area contributed by atoms with Crippen LogP contribution in [0.4, 0.5) is 0 Å². The third-order valence-electron chi connectivity index (χ3n) is 2.66. The van der Waals surface area contributed by atoms with E-state index < -0.39 is 5.97 Å². The van der Waals surface area contributed by atoms with Crippen molar-refractivity contribution in [1.29, 1.82) is 0 Å². The Balaban J connectivity index is 2.56. The van der Waals surface area contributed by atoms with Gasteiger partial charge >= 0.3 is 5.97 Å². The second-order valence-corrected chi connectivity index (χ2v) is 4.87. The highest BCUT2D eigenvalue weighted by Gasteiger charge is 2.19. The summed E-state index contributed by atoms with van der Waals surface area (Å²) in [6.07, 6.45) is -0.267. The highest BCUT2D eigenvalue weighted by Crippen LogP contribution is 2.31. The van der Waals surface area contributed by atoms with Crippen LogP contribution in [0.25, 0.3) is 11.0 Å². The minimum Gasteiger partial charge on any atom is -0.493 e. The molecule has 0 spiro atoms. The number of ether oxygens (including phenoxy) is 3. The van der Waals surface area contributed by atoms with Gasteiger partial charge in [0.15, 0.2) is 22.3 Å². The first-order chi connectivity index (χ1) is 9.96. The first-order valence-corrected chi connectivity index (χ1v) is 6.64. The maximum atomic E-state index is 11.9. The molecule has 0 saturated carbocycles. The standard InChI is InChI=1S/C14H15ClN2O4/c1-7(2)21-14(18)12-13(15)17-9-6-11(20-4)10(19-3)5-8(9)16-12/h5-7H,1-4H3. The lowest BCUT2D eigenvalue weighted by Gasteiger charge is -2.11. The number of benzene rings is 1. The van der Waals surface area contributed by atoms with Crippen LogP contribution < -0.4 is 9.47 Å². The van der Waals surface area contributed by atoms with Crippen LogP contribution in [0.15, 0.2) is 12.1 Å². The lowest BCUT2D eigenvalue weighted by molar-refractivity contribution is 0.0371. The number of methoxy groups -OCH3 is 2. The SMILES string of the molecule is COc1cc2nc(Cl)c(C(=O)OC(C)C)nc2cc1OC. The predicted octanol–water partition coefficient (Wildman–Crippen LogP) is 2.87. The van der Waals surface area contributed by atoms with Crippen molar-refractivity contribution in [3.8, 4) is 11.5 Å². The van der Waals surface area contributed by atoms with E-state index in [0.717, 1.165) is 0 Å². The third-order valence-corrected chi connectivity index (χ3v) is 2.93. The lowest BCUT2D eigenvalue weighted by atomic mass is 10.2. The predicted molar refractivity (Wildman–Crippen MR) is 78.2 cm³/mol. The maximum Gasteiger partial charge on any atom is 0.360 e. The second-order valence-electron chi connectivity index (χ2n) is 4.51. The van der Waals surface area contributed by atoms with Crippen LogP contribution in [-0.4, -0.2) is 36.3 Å². The first kappa shape index (κ1) is 15.3. The molecular weight excluding hydrogens is 296 g/mol. The van der Waals surface area contributed by atoms with Crippen LogP contribution in [0.3, 0.4) is 0 Å². The second kappa shape index (κ2) is 6.13. The van der Waals surface area contributed by atoms with Crippen LogP contribution >= 0.6 is 11.6 Å². The van der Waals surface area contributed by atoms with Gasteiger partial charge < -0.3 is 14.2 Å². The number of hydrogen-bond donors (Lipinski definition) is 0. The van der Waals surface area contributed by atoms with Gasteiger partial charge in [0.2, 0.25) is 0 Å². The molecule has 0 atom stereocenters. The van der Waals surface area contributed by atoms with Crippen LogP contribution in [0.1, 0.15) is 24.3 Å². The molecule has 0 bridgehead atoms. The van der Waals surface area contributed by atoms with Crippen LogP contribution in [0.5, 0.6) is 11.5 Å². The highest BCUT2D eigenvalue weighted by atomic mass is 35.5. The largest absolute Gasteiger partial charge is 0.493 e. The molecule has 1 aromatic heterocycles. The third kappa shape index (κ3) is 3.16. The van der Waals surface area contributed by atoms with Gasteiger partial charge in [-0.2, -0.15) is 0 Å². The number of carbonyl (C=O) groups excluding carboxylic acids is 1. The molecule has 112 valence electrons. The monoisotopic (exact) mass is 310 g/mol. The van der Waals surface area contributed by atoms with E-state index in [1.54, 1.807) is 26.0 Å². The summed E-state index contributed by atoms with van der Waals surface area (Å²) in [7, 11) is 3.04. The first-order valence-electron chi connectivity index (χ1n) is 6.26. The minimum absolute atomic E-state index is 0.0135. The fraction of sp³-hybridized carbons (Fsp3) is 0.357. The van der Waals surface area contributed by atoms with Crippen molar-refractivity contribution >= 4 is 28.6 Å². The average molecular weight is 311 g/mol. The Morgan fingerprint density at radius 2 is 1.62 bits per heavy atom. The van der Waals surface area contributed by atoms with E-state index in [1.165, 1.54) is 14.2 Å². The smallest absolute Gasteiger partial charge is 0.360 e. The van der Waals surface area contributed by atoms with Crippen LogP contribution in [0, 0.1) is 0 Å². The van der Waals surface area contributed by atoms with Gasteiger partial charge in [0.1, 0.15) is 0 Å². The molecule has 0 radical (unpaired) electrons. The summed E-state index contributed by atoms with van der Waals surface area (Å²) in [6.45, 7) is 3.49. The van der Waals surface area contributed by atoms with Gasteiger partial charge in [0.25, 0.3) is 0 Å². The van der Waals surface area contributed by atoms with Crippen molar-refractivity contribution < 1.29 is 19.0 Å². The van der Waals surface area contributed by atoms with Crippen molar-refractivity contribution in [2.24, 2.45) is 0 Å². The van der Waals surface area contributed by atoms with Gasteiger partial charge in [-0.05, 0) is 13.8 Å². The molecule has 0 aliphatic carbocycles. The van der Waals surface area contributed by atoms with E-state index in [-0.39, 0.29) is 17.0 Å². The summed E-state index contributed by atoms with van der Waals surface area (Å²) in [5.41, 5.74) is 0.941. The number of carbonyl (C=O) groups is 1. The molecule has 0 N–H and O–H groups in total. The molecule has 7 heteroatoms. The van der Waals surface area contributed by atoms with E-state index in [4.69, 9.17) is 25.8 Å². The Kier molecular flexibility index (Phi) is 4.47. The summed E-state index contributed by atoms with van der Waals surface area (Å²) in [4.78, 5) is 20.3. The number of halogens is 1. The van der Waals surface area contributed by atoms with Gasteiger partial charge in [0.05, 0.1) is 31.4 Å². The van der Waals surface area contributed by atoms with E-state index in [0.29, 0.717) is 22.5 Å². The van der Waals surface area contributed by atoms with Gasteiger partial charge in [-0.3, -0.25) is 0 Å². The molecule has 0 fully saturated rings. The minimum atomic E-state index is -0.612. The van der Waals surface area contributed by atoms with E-state index >= 15 is 0 Å². The fourth-order valence-corrected chi connectivity index (χ4v) is 1.97. The quantitative estimate of drug-likeness (QED) is 0.809. The molecule has 1 heterocycles. The van der Waals surface area contributed by atoms with Crippen molar-refractivity contribution in [3.63, 3.8) is 0 Å². The Hall–Kier alpha value is -2.08. The molecule has 21 heavy (non-hydrogen) atoms. The van der Waals surface area contributed by atoms with E-state index in [9.17, 15) is 4.79 Å². The zero-order chi connectivity index (χ0) is 15.6. The summed E-state index contributed by atoms with van der Waals surface area (Å²) < 4.78 is 15.5. The summed E-state index contributed by atoms with van der Waals surface area (Å²) in [5, 5.41) is -0.0135. The van der Waals surface area contributed by atoms with Crippen molar-refractivity contribution in [3.05, 3.63) is 23.0 Å². The van der Waals surface area contributed by atoms with Crippen molar-refractivity contribution in [2.75, 3.05) is 14.2 Å². The van der Waals surface area contributed by atoms with Crippen LogP contribution in [-0.2, 0) is 4.74 Å². The molecule has 2 rings (SSSR count). The molecule has 0 saturated heterocycles. The topological polar surface area (TPSA) is 70.5 Å². The van der Waals surface area contributed by atoms with Gasteiger partial charge in [-0.25, -0.2) is 14.8 Å². The Labute approximate surface area is 127 Å². The number of fused-ring (bicyclic) bond motifs is 1. The molecule has 0 amide bonds. The van der Waals surface area contributed by atoms with Gasteiger partial charge in [-0.1, -0.05) is 11.6 Å². The van der Waals surface area contributed by atoms with Gasteiger partial charge in [0, 0.05) is 12.1 Å². The summed E-state index contributed by atoms with van der Waals surface area (Å²) in [6, 6.07) is 3.27. The van der Waals surface area contributed by atoms with Crippen LogP contribution in [0.2, 0.25) is 5.15 Å². The fourth-order valence-electron chi connectivity index (χ4n) is 1.76. The Morgan fingerprint density at radius 3 is 2.10 bits per heavy atom. The van der Waals surface area contributed by atoms with E-state index in [2.05, 4.69) is 9.97 Å². The number of hydrogen-bond acceptors (Lipinski definition) is 6. The molecule has 6 nitrogen and oxygen atoms in total. The number of aromatic nitrogens is 2. The molecule has 1 aromatic carbocycles. The normalized spacial score (nSPS) is 10.8. The zero-order valence-electron chi connectivity index (χ0n) is 12.1. The number of nitrogens with zero attached hydrogens (tertiary/aromatic N) is 2. The number of esters is 1. The summed E-state index contributed by atoms with van der Waals surface area (Å²) >= 11 is 6.00. The Morgan fingerprint density at radius 1 is 1.10 bits per heavy atom. The molecule has 0 aliphatic rings.